The Morgan fingerprint density at radius 2 is 1.91 bits per heavy atom. The van der Waals surface area contributed by atoms with Gasteiger partial charge in [-0.1, -0.05) is 24.8 Å². The van der Waals surface area contributed by atoms with E-state index in [0.717, 1.165) is 44.8 Å². The third-order valence-corrected chi connectivity index (χ3v) is 8.94. The lowest BCUT2D eigenvalue weighted by molar-refractivity contribution is -0.139. The molecule has 236 valence electrons. The fourth-order valence-electron chi connectivity index (χ4n) is 6.37. The SMILES string of the molecule is C=Cc1cc(C(=O)NC2CC3(CCN(C)CC3)C2)c(F)cc1Nc1ncc(C(F)(F)F)c(Oc2cccc3c2C(=O)N(C)C3)n1. The number of ether oxygens (including phenoxy) is 1. The fraction of sp³-hybridized carbons (Fsp3) is 0.375. The van der Waals surface area contributed by atoms with Crippen LogP contribution in [0.4, 0.5) is 29.2 Å². The predicted octanol–water partition coefficient (Wildman–Crippen LogP) is 6.00. The van der Waals surface area contributed by atoms with E-state index in [1.807, 2.05) is 0 Å². The number of aromatic nitrogens is 2. The number of carbonyl (C=O) groups excluding carboxylic acids is 2. The second-order valence-electron chi connectivity index (χ2n) is 12.1. The number of benzene rings is 2. The van der Waals surface area contributed by atoms with Gasteiger partial charge in [-0.3, -0.25) is 9.59 Å². The smallest absolute Gasteiger partial charge is 0.423 e. The number of likely N-dealkylation sites (tertiary alicyclic amines) is 1. The van der Waals surface area contributed by atoms with Gasteiger partial charge in [-0.25, -0.2) is 9.37 Å². The Morgan fingerprint density at radius 3 is 2.60 bits per heavy atom. The molecule has 45 heavy (non-hydrogen) atoms. The Kier molecular flexibility index (Phi) is 7.76. The van der Waals surface area contributed by atoms with Gasteiger partial charge >= 0.3 is 6.18 Å². The van der Waals surface area contributed by atoms with Gasteiger partial charge in [-0.2, -0.15) is 18.2 Å². The summed E-state index contributed by atoms with van der Waals surface area (Å²) in [5, 5.41) is 5.65. The molecule has 2 amide bonds. The number of rotatable bonds is 7. The highest BCUT2D eigenvalue weighted by atomic mass is 19.4. The first-order valence-corrected chi connectivity index (χ1v) is 14.6. The Labute approximate surface area is 257 Å². The van der Waals surface area contributed by atoms with Crippen LogP contribution in [0.25, 0.3) is 6.08 Å². The van der Waals surface area contributed by atoms with Gasteiger partial charge in [0, 0.05) is 25.8 Å². The number of nitrogens with one attached hydrogen (secondary N) is 2. The number of carbonyl (C=O) groups is 2. The molecule has 2 N–H and O–H groups in total. The molecule has 3 aromatic rings. The number of piperidine rings is 1. The number of halogens is 4. The zero-order valence-corrected chi connectivity index (χ0v) is 24.8. The van der Waals surface area contributed by atoms with Crippen molar-refractivity contribution in [2.75, 3.05) is 32.5 Å². The van der Waals surface area contributed by atoms with E-state index in [1.165, 1.54) is 23.1 Å². The molecule has 0 atom stereocenters. The molecule has 0 unspecified atom stereocenters. The number of amides is 2. The van der Waals surface area contributed by atoms with Crippen LogP contribution in [0.2, 0.25) is 0 Å². The maximum atomic E-state index is 15.3. The van der Waals surface area contributed by atoms with Crippen molar-refractivity contribution in [3.63, 3.8) is 0 Å². The summed E-state index contributed by atoms with van der Waals surface area (Å²) in [4.78, 5) is 37.1. The third kappa shape index (κ3) is 5.96. The highest BCUT2D eigenvalue weighted by Gasteiger charge is 2.46. The number of alkyl halides is 3. The highest BCUT2D eigenvalue weighted by Crippen LogP contribution is 2.49. The van der Waals surface area contributed by atoms with Crippen LogP contribution >= 0.6 is 0 Å². The van der Waals surface area contributed by atoms with Crippen LogP contribution in [0.5, 0.6) is 11.6 Å². The van der Waals surface area contributed by atoms with Gasteiger partial charge in [0.2, 0.25) is 11.8 Å². The van der Waals surface area contributed by atoms with Crippen molar-refractivity contribution in [2.45, 2.75) is 44.4 Å². The number of hydrogen-bond donors (Lipinski definition) is 2. The molecule has 9 nitrogen and oxygen atoms in total. The molecule has 2 aliphatic heterocycles. The van der Waals surface area contributed by atoms with Crippen LogP contribution in [-0.2, 0) is 12.7 Å². The fourth-order valence-corrected chi connectivity index (χ4v) is 6.37. The molecule has 13 heteroatoms. The van der Waals surface area contributed by atoms with Crippen molar-refractivity contribution in [1.82, 2.24) is 25.1 Å². The molecular weight excluding hydrogens is 592 g/mol. The van der Waals surface area contributed by atoms with Gasteiger partial charge in [-0.15, -0.1) is 0 Å². The Bertz CT molecular complexity index is 1680. The maximum Gasteiger partial charge on any atom is 0.423 e. The maximum absolute atomic E-state index is 15.3. The van der Waals surface area contributed by atoms with Gasteiger partial charge in [-0.05, 0) is 80.6 Å². The normalized spacial score (nSPS) is 18.0. The highest BCUT2D eigenvalue weighted by molar-refractivity contribution is 6.01. The van der Waals surface area contributed by atoms with E-state index >= 15 is 4.39 Å². The standard InChI is InChI=1S/C32H32F4N6O3/c1-4-18-12-21(27(43)38-20-14-31(15-20)8-10-41(2)11-9-31)23(33)13-24(18)39-30-37-16-22(32(34,35)36)28(40-30)45-25-7-5-6-19-17-42(3)29(44)26(19)25/h4-7,12-13,16,20H,1,8-11,14-15,17H2,2-3H3,(H,38,43)(H,37,39,40). The average molecular weight is 625 g/mol. The summed E-state index contributed by atoms with van der Waals surface area (Å²) in [6.45, 7) is 6.07. The largest absolute Gasteiger partial charge is 0.437 e. The molecule has 6 rings (SSSR count). The molecule has 1 spiro atoms. The number of hydrogen-bond acceptors (Lipinski definition) is 7. The summed E-state index contributed by atoms with van der Waals surface area (Å²) in [6.07, 6.45) is 0.923. The van der Waals surface area contributed by atoms with E-state index in [0.29, 0.717) is 17.3 Å². The molecular formula is C32H32F4N6O3. The molecule has 2 fully saturated rings. The van der Waals surface area contributed by atoms with Gasteiger partial charge in [0.25, 0.3) is 11.8 Å². The molecule has 1 aromatic heterocycles. The zero-order valence-electron chi connectivity index (χ0n) is 24.8. The summed E-state index contributed by atoms with van der Waals surface area (Å²) in [5.41, 5.74) is -0.0584. The predicted molar refractivity (Wildman–Crippen MR) is 159 cm³/mol. The molecule has 3 heterocycles. The monoisotopic (exact) mass is 624 g/mol. The number of anilines is 2. The van der Waals surface area contributed by atoms with Crippen molar-refractivity contribution in [2.24, 2.45) is 5.41 Å². The van der Waals surface area contributed by atoms with Crippen LogP contribution < -0.4 is 15.4 Å². The molecule has 0 radical (unpaired) electrons. The second kappa shape index (κ2) is 11.4. The van der Waals surface area contributed by atoms with Gasteiger partial charge in [0.05, 0.1) is 16.8 Å². The van der Waals surface area contributed by atoms with E-state index in [1.54, 1.807) is 19.2 Å². The topological polar surface area (TPSA) is 99.7 Å². The molecule has 1 aliphatic carbocycles. The van der Waals surface area contributed by atoms with Gasteiger partial charge in [0.15, 0.2) is 0 Å². The second-order valence-corrected chi connectivity index (χ2v) is 12.1. The first kappa shape index (κ1) is 30.5. The molecule has 2 aromatic carbocycles. The molecule has 1 saturated heterocycles. The van der Waals surface area contributed by atoms with Gasteiger partial charge in [0.1, 0.15) is 17.1 Å². The van der Waals surface area contributed by atoms with Crippen LogP contribution in [0.15, 0.2) is 43.1 Å². The lowest BCUT2D eigenvalue weighted by Gasteiger charge is -2.52. The van der Waals surface area contributed by atoms with E-state index in [9.17, 15) is 22.8 Å². The third-order valence-electron chi connectivity index (χ3n) is 8.94. The number of nitrogens with zero attached hydrogens (tertiary/aromatic N) is 4. The van der Waals surface area contributed by atoms with E-state index < -0.39 is 35.3 Å². The molecule has 1 saturated carbocycles. The summed E-state index contributed by atoms with van der Waals surface area (Å²) in [6, 6.07) is 6.98. The summed E-state index contributed by atoms with van der Waals surface area (Å²) in [5.74, 6) is -3.03. The van der Waals surface area contributed by atoms with Crippen LogP contribution in [0, 0.1) is 11.2 Å². The van der Waals surface area contributed by atoms with Crippen molar-refractivity contribution in [3.8, 4) is 11.6 Å². The van der Waals surface area contributed by atoms with Crippen LogP contribution in [-0.4, -0.2) is 64.8 Å². The summed E-state index contributed by atoms with van der Waals surface area (Å²) in [7, 11) is 3.67. The minimum absolute atomic E-state index is 0.0363. The summed E-state index contributed by atoms with van der Waals surface area (Å²) >= 11 is 0. The first-order chi connectivity index (χ1) is 21.4. The molecule has 3 aliphatic rings. The quantitative estimate of drug-likeness (QED) is 0.311. The lowest BCUT2D eigenvalue weighted by atomic mass is 9.60. The van der Waals surface area contributed by atoms with E-state index in [-0.39, 0.29) is 46.5 Å². The first-order valence-electron chi connectivity index (χ1n) is 14.6. The molecule has 0 bridgehead atoms. The lowest BCUT2D eigenvalue weighted by Crippen LogP contribution is -2.54. The van der Waals surface area contributed by atoms with Crippen molar-refractivity contribution in [1.29, 1.82) is 0 Å². The minimum Gasteiger partial charge on any atom is -0.437 e. The van der Waals surface area contributed by atoms with Crippen molar-refractivity contribution < 1.29 is 31.9 Å². The minimum atomic E-state index is -4.87. The summed E-state index contributed by atoms with van der Waals surface area (Å²) < 4.78 is 62.6. The Morgan fingerprint density at radius 1 is 1.18 bits per heavy atom. The number of fused-ring (bicyclic) bond motifs is 1. The van der Waals surface area contributed by atoms with Gasteiger partial charge < -0.3 is 25.2 Å². The van der Waals surface area contributed by atoms with E-state index in [4.69, 9.17) is 4.74 Å². The van der Waals surface area contributed by atoms with Crippen LogP contribution in [0.3, 0.4) is 0 Å². The van der Waals surface area contributed by atoms with Crippen LogP contribution in [0.1, 0.15) is 63.1 Å². The van der Waals surface area contributed by atoms with Crippen molar-refractivity contribution in [3.05, 3.63) is 76.7 Å². The average Bonchev–Trinajstić information content (AvgIpc) is 3.26. The zero-order chi connectivity index (χ0) is 32.1. The van der Waals surface area contributed by atoms with E-state index in [2.05, 4.69) is 39.1 Å². The Hall–Kier alpha value is -4.52. The Balaban J connectivity index is 1.22. The van der Waals surface area contributed by atoms with Crippen molar-refractivity contribution >= 4 is 29.5 Å².